The Morgan fingerprint density at radius 3 is 2.47 bits per heavy atom. The summed E-state index contributed by atoms with van der Waals surface area (Å²) in [7, 11) is 1.53. The number of aryl methyl sites for hydroxylation is 1. The van der Waals surface area contributed by atoms with Crippen LogP contribution in [0.1, 0.15) is 27.9 Å². The number of nitriles is 1. The first-order valence-electron chi connectivity index (χ1n) is 10.5. The van der Waals surface area contributed by atoms with Crippen molar-refractivity contribution in [2.75, 3.05) is 13.7 Å². The van der Waals surface area contributed by atoms with Crippen molar-refractivity contribution < 1.29 is 19.0 Å². The largest absolute Gasteiger partial charge is 0.487 e. The molecule has 0 radical (unpaired) electrons. The molecule has 11 heteroatoms. The zero-order valence-corrected chi connectivity index (χ0v) is 24.1. The molecule has 0 aliphatic carbocycles. The molecule has 0 saturated heterocycles. The summed E-state index contributed by atoms with van der Waals surface area (Å²) in [5, 5.41) is 13.5. The minimum absolute atomic E-state index is 0.0586. The number of hydrazone groups is 1. The van der Waals surface area contributed by atoms with Gasteiger partial charge < -0.3 is 14.2 Å². The van der Waals surface area contributed by atoms with E-state index in [1.54, 1.807) is 6.92 Å². The van der Waals surface area contributed by atoms with Gasteiger partial charge in [-0.05, 0) is 78.0 Å². The predicted octanol–water partition coefficient (Wildman–Crippen LogP) is 5.80. The molecule has 3 rings (SSSR count). The third-order valence-corrected chi connectivity index (χ3v) is 6.99. The molecule has 2 aromatic carbocycles. The van der Waals surface area contributed by atoms with E-state index < -0.39 is 5.91 Å². The summed E-state index contributed by atoms with van der Waals surface area (Å²) < 4.78 is 18.7. The van der Waals surface area contributed by atoms with Gasteiger partial charge in [-0.1, -0.05) is 30.3 Å². The first kappa shape index (κ1) is 27.8. The number of hydrogen-bond acceptors (Lipinski definition) is 7. The van der Waals surface area contributed by atoms with Gasteiger partial charge in [-0.3, -0.25) is 4.79 Å². The van der Waals surface area contributed by atoms with Gasteiger partial charge in [-0.15, -0.1) is 0 Å². The minimum Gasteiger partial charge on any atom is -0.487 e. The van der Waals surface area contributed by atoms with Crippen LogP contribution in [0.3, 0.4) is 0 Å². The summed E-state index contributed by atoms with van der Waals surface area (Å²) in [4.78, 5) is 16.5. The molecule has 8 nitrogen and oxygen atoms in total. The second kappa shape index (κ2) is 13.5. The van der Waals surface area contributed by atoms with E-state index in [1.165, 1.54) is 13.3 Å². The number of rotatable bonds is 10. The zero-order chi connectivity index (χ0) is 26.1. The lowest BCUT2D eigenvalue weighted by molar-refractivity contribution is -0.123. The fourth-order valence-electron chi connectivity index (χ4n) is 3.08. The van der Waals surface area contributed by atoms with Crippen LogP contribution in [-0.4, -0.2) is 30.8 Å². The van der Waals surface area contributed by atoms with Crippen LogP contribution >= 0.6 is 47.8 Å². The lowest BCUT2D eigenvalue weighted by Crippen LogP contribution is -2.25. The highest BCUT2D eigenvalue weighted by atomic mass is 79.9. The van der Waals surface area contributed by atoms with Crippen molar-refractivity contribution in [3.8, 4) is 17.7 Å². The van der Waals surface area contributed by atoms with Crippen LogP contribution in [0.5, 0.6) is 11.6 Å². The Kier molecular flexibility index (Phi) is 10.4. The summed E-state index contributed by atoms with van der Waals surface area (Å²) in [5.41, 5.74) is 5.60. The molecule has 36 heavy (non-hydrogen) atoms. The van der Waals surface area contributed by atoms with Crippen LogP contribution in [-0.2, 0) is 22.7 Å². The van der Waals surface area contributed by atoms with E-state index in [-0.39, 0.29) is 24.7 Å². The first-order valence-corrected chi connectivity index (χ1v) is 12.9. The monoisotopic (exact) mass is 678 g/mol. The number of nitrogens with one attached hydrogen (secondary N) is 1. The van der Waals surface area contributed by atoms with Gasteiger partial charge in [-0.25, -0.2) is 10.4 Å². The smallest absolute Gasteiger partial charge is 0.278 e. The van der Waals surface area contributed by atoms with E-state index in [0.717, 1.165) is 20.1 Å². The Morgan fingerprint density at radius 1 is 1.14 bits per heavy atom. The Balaban J connectivity index is 1.60. The van der Waals surface area contributed by atoms with Gasteiger partial charge in [0, 0.05) is 17.1 Å². The van der Waals surface area contributed by atoms with Crippen LogP contribution in [0.2, 0.25) is 0 Å². The second-order valence-corrected chi connectivity index (χ2v) is 9.89. The highest BCUT2D eigenvalue weighted by molar-refractivity contribution is 9.11. The molecule has 0 atom stereocenters. The number of aromatic nitrogens is 1. The van der Waals surface area contributed by atoms with Gasteiger partial charge in [0.05, 0.1) is 27.5 Å². The number of carbonyl (C=O) groups excluding carboxylic acids is 1. The fourth-order valence-corrected chi connectivity index (χ4v) is 4.93. The zero-order valence-electron chi connectivity index (χ0n) is 19.3. The van der Waals surface area contributed by atoms with Crippen LogP contribution in [0, 0.1) is 18.3 Å². The van der Waals surface area contributed by atoms with Crippen molar-refractivity contribution in [3.63, 3.8) is 0 Å². The molecule has 3 aromatic rings. The second-order valence-electron chi connectivity index (χ2n) is 7.38. The molecule has 186 valence electrons. The standard InChI is InChI=1S/C25H21Br3N4O4/c1-15-23(28)19(13-34-2)18(10-29)25(31-15)36-14-22(33)32-30-11-17-8-20(26)24(21(27)9-17)35-12-16-6-4-3-5-7-16/h3-9,11H,12-14H2,1-2H3,(H,32,33). The van der Waals surface area contributed by atoms with Gasteiger partial charge in [0.1, 0.15) is 24.0 Å². The molecular formula is C25H21Br3N4O4. The summed E-state index contributed by atoms with van der Waals surface area (Å²) in [6.45, 7) is 2.01. The minimum atomic E-state index is -0.508. The average molecular weight is 681 g/mol. The average Bonchev–Trinajstić information content (AvgIpc) is 2.86. The number of benzene rings is 2. The Hall–Kier alpha value is -2.78. The number of nitrogens with zero attached hydrogens (tertiary/aromatic N) is 3. The van der Waals surface area contributed by atoms with E-state index in [1.807, 2.05) is 42.5 Å². The lowest BCUT2D eigenvalue weighted by atomic mass is 10.1. The first-order chi connectivity index (χ1) is 17.3. The Labute approximate surface area is 234 Å². The highest BCUT2D eigenvalue weighted by Crippen LogP contribution is 2.35. The molecule has 0 spiro atoms. The third kappa shape index (κ3) is 7.36. The van der Waals surface area contributed by atoms with Crippen molar-refractivity contribution in [2.24, 2.45) is 5.10 Å². The van der Waals surface area contributed by atoms with Crippen molar-refractivity contribution in [2.45, 2.75) is 20.1 Å². The Morgan fingerprint density at radius 2 is 1.83 bits per heavy atom. The molecule has 0 aliphatic heterocycles. The van der Waals surface area contributed by atoms with Gasteiger partial charge in [0.25, 0.3) is 5.91 Å². The maximum Gasteiger partial charge on any atom is 0.278 e. The van der Waals surface area contributed by atoms with Crippen LogP contribution in [0.25, 0.3) is 0 Å². The van der Waals surface area contributed by atoms with Crippen molar-refractivity contribution in [1.29, 1.82) is 5.26 Å². The molecule has 0 saturated carbocycles. The molecule has 0 unspecified atom stereocenters. The normalized spacial score (nSPS) is 10.8. The SMILES string of the molecule is COCc1c(Br)c(C)nc(OCC(=O)NN=Cc2cc(Br)c(OCc3ccccc3)c(Br)c2)c1C#N. The fraction of sp³-hybridized carbons (Fsp3) is 0.200. The third-order valence-electron chi connectivity index (χ3n) is 4.76. The molecule has 1 aromatic heterocycles. The number of halogens is 3. The van der Waals surface area contributed by atoms with Crippen molar-refractivity contribution in [1.82, 2.24) is 10.4 Å². The maximum atomic E-state index is 12.2. The highest BCUT2D eigenvalue weighted by Gasteiger charge is 2.18. The van der Waals surface area contributed by atoms with E-state index in [2.05, 4.69) is 69.4 Å². The molecular weight excluding hydrogens is 660 g/mol. The number of amides is 1. The number of hydrogen-bond donors (Lipinski definition) is 1. The van der Waals surface area contributed by atoms with Gasteiger partial charge >= 0.3 is 0 Å². The predicted molar refractivity (Wildman–Crippen MR) is 146 cm³/mol. The summed E-state index contributed by atoms with van der Waals surface area (Å²) in [6, 6.07) is 15.6. The molecule has 0 bridgehead atoms. The van der Waals surface area contributed by atoms with E-state index >= 15 is 0 Å². The summed E-state index contributed by atoms with van der Waals surface area (Å²) in [5.74, 6) is 0.210. The quantitative estimate of drug-likeness (QED) is 0.214. The van der Waals surface area contributed by atoms with Crippen LogP contribution in [0.4, 0.5) is 0 Å². The van der Waals surface area contributed by atoms with Crippen LogP contribution in [0.15, 0.2) is 61.0 Å². The number of pyridine rings is 1. The topological polar surface area (TPSA) is 106 Å². The number of methoxy groups -OCH3 is 1. The lowest BCUT2D eigenvalue weighted by Gasteiger charge is -2.13. The van der Waals surface area contributed by atoms with Gasteiger partial charge in [0.2, 0.25) is 5.88 Å². The number of carbonyl (C=O) groups is 1. The van der Waals surface area contributed by atoms with E-state index in [0.29, 0.717) is 28.1 Å². The molecule has 1 N–H and O–H groups in total. The molecule has 0 fully saturated rings. The van der Waals surface area contributed by atoms with E-state index in [9.17, 15) is 10.1 Å². The van der Waals surface area contributed by atoms with Crippen molar-refractivity contribution in [3.05, 3.63) is 83.8 Å². The van der Waals surface area contributed by atoms with E-state index in [4.69, 9.17) is 14.2 Å². The Bertz CT molecular complexity index is 1290. The maximum absolute atomic E-state index is 12.2. The van der Waals surface area contributed by atoms with Crippen molar-refractivity contribution >= 4 is 59.9 Å². The molecule has 0 aliphatic rings. The summed E-state index contributed by atoms with van der Waals surface area (Å²) >= 11 is 10.4. The van der Waals surface area contributed by atoms with Gasteiger partial charge in [-0.2, -0.15) is 10.4 Å². The molecule has 1 amide bonds. The van der Waals surface area contributed by atoms with Gasteiger partial charge in [0.15, 0.2) is 6.61 Å². The van der Waals surface area contributed by atoms with Crippen LogP contribution < -0.4 is 14.9 Å². The summed E-state index contributed by atoms with van der Waals surface area (Å²) in [6.07, 6.45) is 1.49. The number of ether oxygens (including phenoxy) is 3. The molecule has 1 heterocycles.